The highest BCUT2D eigenvalue weighted by Gasteiger charge is 2.15. The fourth-order valence-corrected chi connectivity index (χ4v) is 3.49. The molecule has 0 amide bonds. The van der Waals surface area contributed by atoms with Gasteiger partial charge in [0.05, 0.1) is 12.3 Å². The minimum Gasteiger partial charge on any atom is -0.494 e. The third-order valence-corrected chi connectivity index (χ3v) is 4.76. The summed E-state index contributed by atoms with van der Waals surface area (Å²) in [5.41, 5.74) is 2.74. The fraction of sp³-hybridized carbons (Fsp3) is 0.400. The number of hydrogen-bond donors (Lipinski definition) is 2. The number of ether oxygens (including phenoxy) is 1. The molecule has 6 nitrogen and oxygen atoms in total. The molecule has 6 heteroatoms. The number of rotatable bonds is 6. The van der Waals surface area contributed by atoms with Crippen LogP contribution in [0, 0.1) is 0 Å². The number of anilines is 3. The van der Waals surface area contributed by atoms with E-state index in [1.54, 1.807) is 6.20 Å². The Morgan fingerprint density at radius 2 is 1.96 bits per heavy atom. The second kappa shape index (κ2) is 7.64. The summed E-state index contributed by atoms with van der Waals surface area (Å²) in [6.45, 7) is 2.65. The van der Waals surface area contributed by atoms with Crippen molar-refractivity contribution in [3.05, 3.63) is 42.7 Å². The summed E-state index contributed by atoms with van der Waals surface area (Å²) >= 11 is 0. The lowest BCUT2D eigenvalue weighted by atomic mass is 9.95. The maximum absolute atomic E-state index is 5.51. The van der Waals surface area contributed by atoms with Crippen LogP contribution >= 0.6 is 0 Å². The first-order valence-corrected chi connectivity index (χ1v) is 9.42. The molecule has 3 aromatic rings. The Hall–Kier alpha value is -2.76. The lowest BCUT2D eigenvalue weighted by molar-refractivity contribution is 0.340. The van der Waals surface area contributed by atoms with Crippen molar-refractivity contribution < 1.29 is 4.74 Å². The molecule has 0 bridgehead atoms. The molecule has 0 unspecified atom stereocenters. The zero-order valence-electron chi connectivity index (χ0n) is 15.1. The van der Waals surface area contributed by atoms with Crippen LogP contribution in [0.15, 0.2) is 42.7 Å². The van der Waals surface area contributed by atoms with E-state index in [0.29, 0.717) is 12.6 Å². The molecule has 2 heterocycles. The minimum atomic E-state index is 0.510. The Balaban J connectivity index is 1.57. The number of nitrogens with one attached hydrogen (secondary N) is 2. The monoisotopic (exact) mass is 351 g/mol. The zero-order valence-corrected chi connectivity index (χ0v) is 15.1. The summed E-state index contributed by atoms with van der Waals surface area (Å²) < 4.78 is 7.33. The predicted molar refractivity (Wildman–Crippen MR) is 104 cm³/mol. The second-order valence-corrected chi connectivity index (χ2v) is 6.70. The van der Waals surface area contributed by atoms with E-state index in [4.69, 9.17) is 4.74 Å². The first-order chi connectivity index (χ1) is 12.8. The Morgan fingerprint density at radius 1 is 1.15 bits per heavy atom. The maximum atomic E-state index is 5.51. The van der Waals surface area contributed by atoms with E-state index in [1.165, 1.54) is 32.1 Å². The van der Waals surface area contributed by atoms with Crippen molar-refractivity contribution in [2.75, 3.05) is 17.2 Å². The second-order valence-electron chi connectivity index (χ2n) is 6.70. The van der Waals surface area contributed by atoms with Gasteiger partial charge >= 0.3 is 0 Å². The topological polar surface area (TPSA) is 63.5 Å². The van der Waals surface area contributed by atoms with Gasteiger partial charge in [0.1, 0.15) is 11.6 Å². The van der Waals surface area contributed by atoms with Crippen molar-refractivity contribution in [3.63, 3.8) is 0 Å². The molecule has 0 radical (unpaired) electrons. The third kappa shape index (κ3) is 3.74. The molecule has 1 saturated carbocycles. The average molecular weight is 351 g/mol. The van der Waals surface area contributed by atoms with Gasteiger partial charge in [0.25, 0.3) is 0 Å². The molecule has 2 aromatic heterocycles. The van der Waals surface area contributed by atoms with Crippen molar-refractivity contribution in [2.24, 2.45) is 0 Å². The molecule has 0 saturated heterocycles. The van der Waals surface area contributed by atoms with E-state index >= 15 is 0 Å². The number of hydrogen-bond acceptors (Lipinski definition) is 5. The molecule has 1 aromatic carbocycles. The standard InChI is InChI=1S/C20H25N5O/c1-2-26-17-10-8-16(9-11-17)22-18-14-19(23-15-6-4-3-5-7-15)24-25-13-12-21-20(18)25/h8-15,22H,2-7H2,1H3,(H,23,24). The van der Waals surface area contributed by atoms with Gasteiger partial charge in [0.2, 0.25) is 0 Å². The zero-order chi connectivity index (χ0) is 17.8. The van der Waals surface area contributed by atoms with Crippen LogP contribution in [0.3, 0.4) is 0 Å². The van der Waals surface area contributed by atoms with Gasteiger partial charge in [-0.3, -0.25) is 0 Å². The SMILES string of the molecule is CCOc1ccc(Nc2cc(NC3CCCCC3)nn3ccnc23)cc1. The van der Waals surface area contributed by atoms with Crippen LogP contribution in [0.4, 0.5) is 17.2 Å². The van der Waals surface area contributed by atoms with Crippen LogP contribution < -0.4 is 15.4 Å². The Morgan fingerprint density at radius 3 is 2.73 bits per heavy atom. The first kappa shape index (κ1) is 16.7. The molecule has 0 atom stereocenters. The molecule has 1 aliphatic rings. The van der Waals surface area contributed by atoms with Crippen LogP contribution in [-0.2, 0) is 0 Å². The predicted octanol–water partition coefficient (Wildman–Crippen LogP) is 4.62. The van der Waals surface area contributed by atoms with Crippen molar-refractivity contribution in [1.82, 2.24) is 14.6 Å². The van der Waals surface area contributed by atoms with E-state index in [-0.39, 0.29) is 0 Å². The summed E-state index contributed by atoms with van der Waals surface area (Å²) in [4.78, 5) is 4.44. The first-order valence-electron chi connectivity index (χ1n) is 9.42. The highest BCUT2D eigenvalue weighted by Crippen LogP contribution is 2.26. The van der Waals surface area contributed by atoms with Gasteiger partial charge < -0.3 is 15.4 Å². The molecule has 0 spiro atoms. The largest absolute Gasteiger partial charge is 0.494 e. The molecular weight excluding hydrogens is 326 g/mol. The molecule has 26 heavy (non-hydrogen) atoms. The number of aromatic nitrogens is 3. The Labute approximate surface area is 153 Å². The fourth-order valence-electron chi connectivity index (χ4n) is 3.49. The van der Waals surface area contributed by atoms with Crippen molar-refractivity contribution >= 4 is 22.8 Å². The number of benzene rings is 1. The van der Waals surface area contributed by atoms with E-state index in [1.807, 2.05) is 48.0 Å². The molecule has 4 rings (SSSR count). The van der Waals surface area contributed by atoms with E-state index in [0.717, 1.165) is 28.6 Å². The summed E-state index contributed by atoms with van der Waals surface area (Å²) in [5, 5.41) is 11.7. The summed E-state index contributed by atoms with van der Waals surface area (Å²) in [6.07, 6.45) is 10.0. The van der Waals surface area contributed by atoms with Gasteiger partial charge in [-0.15, -0.1) is 5.10 Å². The van der Waals surface area contributed by atoms with Gasteiger partial charge in [-0.2, -0.15) is 0 Å². The molecule has 1 fully saturated rings. The quantitative estimate of drug-likeness (QED) is 0.679. The van der Waals surface area contributed by atoms with Crippen LogP contribution in [0.25, 0.3) is 5.65 Å². The van der Waals surface area contributed by atoms with E-state index < -0.39 is 0 Å². The summed E-state index contributed by atoms with van der Waals surface area (Å²) in [7, 11) is 0. The lowest BCUT2D eigenvalue weighted by Crippen LogP contribution is -2.23. The van der Waals surface area contributed by atoms with Crippen molar-refractivity contribution in [3.8, 4) is 5.75 Å². The normalized spacial score (nSPS) is 15.1. The number of imidazole rings is 1. The van der Waals surface area contributed by atoms with E-state index in [2.05, 4.69) is 20.7 Å². The molecule has 136 valence electrons. The van der Waals surface area contributed by atoms with E-state index in [9.17, 15) is 0 Å². The average Bonchev–Trinajstić information content (AvgIpc) is 3.13. The van der Waals surface area contributed by atoms with Crippen molar-refractivity contribution in [1.29, 1.82) is 0 Å². The van der Waals surface area contributed by atoms with Crippen LogP contribution in [-0.4, -0.2) is 27.2 Å². The highest BCUT2D eigenvalue weighted by molar-refractivity contribution is 5.75. The Kier molecular flexibility index (Phi) is 4.91. The summed E-state index contributed by atoms with van der Waals surface area (Å²) in [5.74, 6) is 1.76. The molecule has 0 aliphatic heterocycles. The smallest absolute Gasteiger partial charge is 0.177 e. The number of nitrogens with zero attached hydrogens (tertiary/aromatic N) is 3. The van der Waals surface area contributed by atoms with Crippen LogP contribution in [0.1, 0.15) is 39.0 Å². The summed E-state index contributed by atoms with van der Waals surface area (Å²) in [6, 6.07) is 10.5. The Bertz CT molecular complexity index is 852. The number of fused-ring (bicyclic) bond motifs is 1. The van der Waals surface area contributed by atoms with Gasteiger partial charge in [0, 0.05) is 30.2 Å². The third-order valence-electron chi connectivity index (χ3n) is 4.76. The van der Waals surface area contributed by atoms with Gasteiger partial charge in [-0.05, 0) is 44.0 Å². The maximum Gasteiger partial charge on any atom is 0.177 e. The molecule has 2 N–H and O–H groups in total. The highest BCUT2D eigenvalue weighted by atomic mass is 16.5. The molecule has 1 aliphatic carbocycles. The van der Waals surface area contributed by atoms with Gasteiger partial charge in [-0.1, -0.05) is 19.3 Å². The van der Waals surface area contributed by atoms with Crippen molar-refractivity contribution in [2.45, 2.75) is 45.1 Å². The van der Waals surface area contributed by atoms with Gasteiger partial charge in [0.15, 0.2) is 5.65 Å². The lowest BCUT2D eigenvalue weighted by Gasteiger charge is -2.23. The van der Waals surface area contributed by atoms with Crippen LogP contribution in [0.2, 0.25) is 0 Å². The molecular formula is C20H25N5O. The van der Waals surface area contributed by atoms with Crippen LogP contribution in [0.5, 0.6) is 5.75 Å². The van der Waals surface area contributed by atoms with Gasteiger partial charge in [-0.25, -0.2) is 9.50 Å². The minimum absolute atomic E-state index is 0.510.